The van der Waals surface area contributed by atoms with Crippen LogP contribution in [0.15, 0.2) is 18.2 Å². The number of hydrazine groups is 1. The van der Waals surface area contributed by atoms with E-state index in [4.69, 9.17) is 17.4 Å². The summed E-state index contributed by atoms with van der Waals surface area (Å²) >= 11 is 7.21. The summed E-state index contributed by atoms with van der Waals surface area (Å²) < 4.78 is 5.18. The van der Waals surface area contributed by atoms with Crippen molar-refractivity contribution in [3.63, 3.8) is 0 Å². The summed E-state index contributed by atoms with van der Waals surface area (Å²) in [4.78, 5) is 0. The van der Waals surface area contributed by atoms with E-state index < -0.39 is 0 Å². The minimum Gasteiger partial charge on any atom is -0.307 e. The molecule has 1 aromatic carbocycles. The van der Waals surface area contributed by atoms with E-state index >= 15 is 0 Å². The molecule has 0 bridgehead atoms. The third kappa shape index (κ3) is 1.14. The van der Waals surface area contributed by atoms with Gasteiger partial charge in [0, 0.05) is 10.4 Å². The van der Waals surface area contributed by atoms with E-state index in [-0.39, 0.29) is 0 Å². The van der Waals surface area contributed by atoms with Crippen LogP contribution in [0.4, 0.5) is 5.82 Å². The fourth-order valence-corrected chi connectivity index (χ4v) is 1.91. The molecule has 0 amide bonds. The third-order valence-electron chi connectivity index (χ3n) is 1.57. The molecule has 3 nitrogen and oxygen atoms in total. The van der Waals surface area contributed by atoms with Crippen LogP contribution in [-0.2, 0) is 0 Å². The molecule has 62 valence electrons. The van der Waals surface area contributed by atoms with Gasteiger partial charge in [0.1, 0.15) is 0 Å². The maximum atomic E-state index is 5.81. The maximum absolute atomic E-state index is 5.81. The first-order valence-corrected chi connectivity index (χ1v) is 4.48. The molecule has 12 heavy (non-hydrogen) atoms. The lowest BCUT2D eigenvalue weighted by atomic mass is 10.3. The molecule has 0 saturated heterocycles. The summed E-state index contributed by atoms with van der Waals surface area (Å²) in [5.74, 6) is 5.94. The van der Waals surface area contributed by atoms with Crippen LogP contribution in [0, 0.1) is 0 Å². The molecule has 0 aliphatic carbocycles. The van der Waals surface area contributed by atoms with Crippen LogP contribution in [0.3, 0.4) is 0 Å². The van der Waals surface area contributed by atoms with Gasteiger partial charge in [-0.2, -0.15) is 4.37 Å². The van der Waals surface area contributed by atoms with Crippen LogP contribution in [0.25, 0.3) is 10.1 Å². The second-order valence-corrected chi connectivity index (χ2v) is 3.56. The Hall–Kier alpha value is -0.840. The number of rotatable bonds is 1. The summed E-state index contributed by atoms with van der Waals surface area (Å²) in [5.41, 5.74) is 2.52. The average Bonchev–Trinajstić information content (AvgIpc) is 2.46. The summed E-state index contributed by atoms with van der Waals surface area (Å²) in [6.07, 6.45) is 0. The summed E-state index contributed by atoms with van der Waals surface area (Å²) in [6, 6.07) is 5.61. The number of nitrogen functional groups attached to an aromatic ring is 1. The van der Waals surface area contributed by atoms with Crippen molar-refractivity contribution in [2.45, 2.75) is 0 Å². The largest absolute Gasteiger partial charge is 0.307 e. The molecule has 0 fully saturated rings. The molecular weight excluding hydrogens is 194 g/mol. The zero-order chi connectivity index (χ0) is 8.55. The molecule has 0 saturated carbocycles. The highest BCUT2D eigenvalue weighted by molar-refractivity contribution is 7.13. The van der Waals surface area contributed by atoms with Crippen molar-refractivity contribution in [1.29, 1.82) is 0 Å². The van der Waals surface area contributed by atoms with E-state index in [2.05, 4.69) is 9.80 Å². The quantitative estimate of drug-likeness (QED) is 0.547. The number of anilines is 1. The SMILES string of the molecule is NNc1nsc2ccc(Cl)cc12. The first-order chi connectivity index (χ1) is 5.81. The van der Waals surface area contributed by atoms with E-state index in [1.54, 1.807) is 0 Å². The van der Waals surface area contributed by atoms with Gasteiger partial charge in [-0.15, -0.1) is 0 Å². The molecule has 0 aliphatic heterocycles. The Bertz CT molecular complexity index is 412. The minimum absolute atomic E-state index is 0.678. The number of aromatic nitrogens is 1. The number of halogens is 1. The lowest BCUT2D eigenvalue weighted by Crippen LogP contribution is -2.06. The number of nitrogens with one attached hydrogen (secondary N) is 1. The standard InChI is InChI=1S/C7H6ClN3S/c8-4-1-2-6-5(3-4)7(10-9)11-12-6/h1-3H,9H2,(H,10,11). The zero-order valence-electron chi connectivity index (χ0n) is 6.04. The third-order valence-corrected chi connectivity index (χ3v) is 2.63. The molecule has 0 aliphatic rings. The summed E-state index contributed by atoms with van der Waals surface area (Å²) in [7, 11) is 0. The van der Waals surface area contributed by atoms with Gasteiger partial charge in [-0.05, 0) is 29.7 Å². The van der Waals surface area contributed by atoms with Gasteiger partial charge in [0.15, 0.2) is 5.82 Å². The molecule has 2 rings (SSSR count). The van der Waals surface area contributed by atoms with Crippen LogP contribution >= 0.6 is 23.1 Å². The van der Waals surface area contributed by atoms with Crippen LogP contribution in [-0.4, -0.2) is 4.37 Å². The van der Waals surface area contributed by atoms with Crippen molar-refractivity contribution in [3.05, 3.63) is 23.2 Å². The molecule has 0 atom stereocenters. The second kappa shape index (κ2) is 2.90. The monoisotopic (exact) mass is 199 g/mol. The Morgan fingerprint density at radius 1 is 1.50 bits per heavy atom. The van der Waals surface area contributed by atoms with Gasteiger partial charge >= 0.3 is 0 Å². The molecule has 3 N–H and O–H groups in total. The minimum atomic E-state index is 0.678. The number of nitrogens with zero attached hydrogens (tertiary/aromatic N) is 1. The molecular formula is C7H6ClN3S. The number of benzene rings is 1. The van der Waals surface area contributed by atoms with Gasteiger partial charge in [0.25, 0.3) is 0 Å². The van der Waals surface area contributed by atoms with Crippen molar-refractivity contribution in [2.75, 3.05) is 5.43 Å². The summed E-state index contributed by atoms with van der Waals surface area (Å²) in [6.45, 7) is 0. The smallest absolute Gasteiger partial charge is 0.161 e. The normalized spacial score (nSPS) is 10.5. The molecule has 1 aromatic heterocycles. The molecule has 5 heteroatoms. The van der Waals surface area contributed by atoms with E-state index in [1.165, 1.54) is 11.5 Å². The Morgan fingerprint density at radius 2 is 2.33 bits per heavy atom. The van der Waals surface area contributed by atoms with Crippen LogP contribution in [0.2, 0.25) is 5.02 Å². The Balaban J connectivity index is 2.75. The van der Waals surface area contributed by atoms with Gasteiger partial charge < -0.3 is 5.43 Å². The van der Waals surface area contributed by atoms with E-state index in [0.29, 0.717) is 10.8 Å². The van der Waals surface area contributed by atoms with Crippen LogP contribution < -0.4 is 11.3 Å². The number of hydrogen-bond donors (Lipinski definition) is 2. The average molecular weight is 200 g/mol. The van der Waals surface area contributed by atoms with Gasteiger partial charge in [0.05, 0.1) is 4.70 Å². The lowest BCUT2D eigenvalue weighted by molar-refractivity contribution is 1.32. The molecule has 0 radical (unpaired) electrons. The number of hydrogen-bond acceptors (Lipinski definition) is 4. The van der Waals surface area contributed by atoms with Gasteiger partial charge in [-0.3, -0.25) is 0 Å². The Labute approximate surface area is 78.3 Å². The van der Waals surface area contributed by atoms with Crippen molar-refractivity contribution in [1.82, 2.24) is 4.37 Å². The number of fused-ring (bicyclic) bond motifs is 1. The first kappa shape index (κ1) is 7.79. The molecule has 1 heterocycles. The molecule has 0 spiro atoms. The summed E-state index contributed by atoms with van der Waals surface area (Å²) in [5, 5.41) is 1.66. The van der Waals surface area contributed by atoms with Gasteiger partial charge in [-0.1, -0.05) is 11.6 Å². The predicted molar refractivity (Wildman–Crippen MR) is 52.4 cm³/mol. The highest BCUT2D eigenvalue weighted by atomic mass is 35.5. The second-order valence-electron chi connectivity index (χ2n) is 2.32. The molecule has 2 aromatic rings. The topological polar surface area (TPSA) is 50.9 Å². The van der Waals surface area contributed by atoms with E-state index in [0.717, 1.165) is 10.1 Å². The highest BCUT2D eigenvalue weighted by Crippen LogP contribution is 2.28. The van der Waals surface area contributed by atoms with E-state index in [9.17, 15) is 0 Å². The predicted octanol–water partition coefficient (Wildman–Crippen LogP) is 2.24. The van der Waals surface area contributed by atoms with Crippen molar-refractivity contribution in [2.24, 2.45) is 5.84 Å². The number of nitrogens with two attached hydrogens (primary N) is 1. The van der Waals surface area contributed by atoms with Gasteiger partial charge in [0.2, 0.25) is 0 Å². The fraction of sp³-hybridized carbons (Fsp3) is 0. The zero-order valence-corrected chi connectivity index (χ0v) is 7.62. The van der Waals surface area contributed by atoms with Crippen molar-refractivity contribution >= 4 is 39.0 Å². The van der Waals surface area contributed by atoms with Crippen LogP contribution in [0.5, 0.6) is 0 Å². The van der Waals surface area contributed by atoms with E-state index in [1.807, 2.05) is 18.2 Å². The van der Waals surface area contributed by atoms with Crippen molar-refractivity contribution in [3.8, 4) is 0 Å². The molecule has 0 unspecified atom stereocenters. The van der Waals surface area contributed by atoms with Gasteiger partial charge in [-0.25, -0.2) is 5.84 Å². The Morgan fingerprint density at radius 3 is 3.08 bits per heavy atom. The fourth-order valence-electron chi connectivity index (χ4n) is 1.01. The van der Waals surface area contributed by atoms with Crippen LogP contribution in [0.1, 0.15) is 0 Å². The maximum Gasteiger partial charge on any atom is 0.161 e. The Kier molecular flexibility index (Phi) is 1.88. The van der Waals surface area contributed by atoms with Crippen molar-refractivity contribution < 1.29 is 0 Å². The first-order valence-electron chi connectivity index (χ1n) is 3.33. The highest BCUT2D eigenvalue weighted by Gasteiger charge is 2.03. The lowest BCUT2D eigenvalue weighted by Gasteiger charge is -1.94.